The van der Waals surface area contributed by atoms with E-state index < -0.39 is 21.2 Å². The Bertz CT molecular complexity index is 518. The molecule has 1 aromatic heterocycles. The van der Waals surface area contributed by atoms with Crippen LogP contribution in [0.15, 0.2) is 12.3 Å². The molecule has 6 heteroatoms. The topological polar surface area (TPSA) is 72.2 Å². The van der Waals surface area contributed by atoms with Gasteiger partial charge in [0.15, 0.2) is 9.84 Å². The third-order valence-corrected chi connectivity index (χ3v) is 5.66. The Labute approximate surface area is 114 Å². The fourth-order valence-electron chi connectivity index (χ4n) is 2.52. The van der Waals surface area contributed by atoms with Gasteiger partial charge in [-0.3, -0.25) is 4.68 Å². The zero-order chi connectivity index (χ0) is 14.0. The molecule has 0 amide bonds. The summed E-state index contributed by atoms with van der Waals surface area (Å²) in [5.41, 5.74) is 0.759. The van der Waals surface area contributed by atoms with E-state index in [1.54, 1.807) is 0 Å². The molecule has 1 aliphatic rings. The molecule has 0 saturated heterocycles. The Kier molecular flexibility index (Phi) is 4.30. The average Bonchev–Trinajstić information content (AvgIpc) is 2.95. The van der Waals surface area contributed by atoms with Gasteiger partial charge in [0.2, 0.25) is 0 Å². The summed E-state index contributed by atoms with van der Waals surface area (Å²) in [6, 6.07) is 2.34. The second kappa shape index (κ2) is 5.63. The Morgan fingerprint density at radius 2 is 2.11 bits per heavy atom. The highest BCUT2D eigenvalue weighted by atomic mass is 32.2. The third-order valence-electron chi connectivity index (χ3n) is 4.00. The number of aliphatic hydroxyl groups is 1. The smallest absolute Gasteiger partial charge is 0.152 e. The number of aromatic nitrogens is 2. The fourth-order valence-corrected chi connectivity index (χ4v) is 3.19. The van der Waals surface area contributed by atoms with Crippen molar-refractivity contribution >= 4 is 9.84 Å². The molecular formula is C13H22N2O3S. The first-order chi connectivity index (χ1) is 8.88. The minimum Gasteiger partial charge on any atom is -0.391 e. The number of aliphatic hydroxyl groups excluding tert-OH is 1. The summed E-state index contributed by atoms with van der Waals surface area (Å²) in [4.78, 5) is 0. The molecule has 0 aliphatic heterocycles. The molecule has 5 nitrogen and oxygen atoms in total. The van der Waals surface area contributed by atoms with Crippen LogP contribution in [0.2, 0.25) is 0 Å². The van der Waals surface area contributed by atoms with Gasteiger partial charge in [-0.25, -0.2) is 8.42 Å². The van der Waals surface area contributed by atoms with Crippen molar-refractivity contribution in [2.24, 2.45) is 0 Å². The largest absolute Gasteiger partial charge is 0.391 e. The fraction of sp³-hybridized carbons (Fsp3) is 0.769. The Morgan fingerprint density at radius 3 is 2.68 bits per heavy atom. The first-order valence-corrected chi connectivity index (χ1v) is 8.74. The van der Waals surface area contributed by atoms with Gasteiger partial charge in [-0.1, -0.05) is 12.8 Å². The number of nitrogens with zero attached hydrogens (tertiary/aromatic N) is 2. The molecule has 0 aromatic carbocycles. The molecule has 1 aromatic rings. The highest BCUT2D eigenvalue weighted by molar-refractivity contribution is 7.91. The Balaban J connectivity index is 1.99. The van der Waals surface area contributed by atoms with E-state index in [0.717, 1.165) is 24.8 Å². The lowest BCUT2D eigenvalue weighted by atomic mass is 10.1. The minimum atomic E-state index is -3.22. The van der Waals surface area contributed by atoms with E-state index in [1.165, 1.54) is 19.8 Å². The summed E-state index contributed by atoms with van der Waals surface area (Å²) in [5.74, 6) is 0. The summed E-state index contributed by atoms with van der Waals surface area (Å²) >= 11 is 0. The van der Waals surface area contributed by atoms with Gasteiger partial charge in [0.05, 0.1) is 23.1 Å². The monoisotopic (exact) mass is 286 g/mol. The summed E-state index contributed by atoms with van der Waals surface area (Å²) in [6.45, 7) is 1.54. The summed E-state index contributed by atoms with van der Waals surface area (Å²) < 4.78 is 24.7. The van der Waals surface area contributed by atoms with Crippen molar-refractivity contribution in [2.75, 3.05) is 6.26 Å². The van der Waals surface area contributed by atoms with Crippen LogP contribution in [0.25, 0.3) is 0 Å². The van der Waals surface area contributed by atoms with Crippen molar-refractivity contribution < 1.29 is 13.5 Å². The molecule has 1 saturated carbocycles. The van der Waals surface area contributed by atoms with Gasteiger partial charge in [-0.15, -0.1) is 0 Å². The lowest BCUT2D eigenvalue weighted by molar-refractivity contribution is 0.171. The second-order valence-corrected chi connectivity index (χ2v) is 7.93. The van der Waals surface area contributed by atoms with Gasteiger partial charge in [0.25, 0.3) is 0 Å². The van der Waals surface area contributed by atoms with Crippen molar-refractivity contribution in [1.82, 2.24) is 9.78 Å². The lowest BCUT2D eigenvalue weighted by Gasteiger charge is -2.16. The molecule has 1 N–H and O–H groups in total. The van der Waals surface area contributed by atoms with Gasteiger partial charge in [-0.2, -0.15) is 5.10 Å². The molecule has 108 valence electrons. The first kappa shape index (κ1) is 14.5. The van der Waals surface area contributed by atoms with Crippen LogP contribution in [0, 0.1) is 0 Å². The highest BCUT2D eigenvalue weighted by Gasteiger charge is 2.25. The number of sulfone groups is 1. The van der Waals surface area contributed by atoms with Crippen LogP contribution in [-0.4, -0.2) is 40.9 Å². The van der Waals surface area contributed by atoms with Gasteiger partial charge in [0.1, 0.15) is 0 Å². The number of hydrogen-bond donors (Lipinski definition) is 1. The second-order valence-electron chi connectivity index (χ2n) is 5.53. The molecule has 2 unspecified atom stereocenters. The van der Waals surface area contributed by atoms with Crippen LogP contribution < -0.4 is 0 Å². The molecule has 1 aliphatic carbocycles. The van der Waals surface area contributed by atoms with Crippen molar-refractivity contribution in [2.45, 2.75) is 56.4 Å². The van der Waals surface area contributed by atoms with Crippen LogP contribution in [0.1, 0.15) is 44.3 Å². The molecular weight excluding hydrogens is 264 g/mol. The maximum Gasteiger partial charge on any atom is 0.152 e. The Morgan fingerprint density at radius 1 is 1.47 bits per heavy atom. The average molecular weight is 286 g/mol. The molecule has 0 bridgehead atoms. The van der Waals surface area contributed by atoms with Crippen LogP contribution in [-0.2, 0) is 16.3 Å². The summed E-state index contributed by atoms with van der Waals surface area (Å²) in [7, 11) is -3.22. The predicted molar refractivity (Wildman–Crippen MR) is 73.7 cm³/mol. The standard InChI is InChI=1S/C13H22N2O3S/c1-10(19(2,17)18)13(16)9-11-7-8-15(14-11)12-5-3-4-6-12/h7-8,10,12-13,16H,3-6,9H2,1-2H3. The minimum absolute atomic E-state index is 0.286. The predicted octanol–water partition coefficient (Wildman–Crippen LogP) is 1.33. The van der Waals surface area contributed by atoms with Crippen molar-refractivity contribution in [1.29, 1.82) is 0 Å². The maximum atomic E-state index is 11.4. The number of rotatable bonds is 5. The van der Waals surface area contributed by atoms with Crippen molar-refractivity contribution in [3.8, 4) is 0 Å². The molecule has 1 heterocycles. The zero-order valence-corrected chi connectivity index (χ0v) is 12.3. The van der Waals surface area contributed by atoms with Crippen molar-refractivity contribution in [3.05, 3.63) is 18.0 Å². The molecule has 19 heavy (non-hydrogen) atoms. The van der Waals surface area contributed by atoms with Crippen LogP contribution in [0.3, 0.4) is 0 Å². The number of hydrogen-bond acceptors (Lipinski definition) is 4. The zero-order valence-electron chi connectivity index (χ0n) is 11.5. The van der Waals surface area contributed by atoms with E-state index in [1.807, 2.05) is 16.9 Å². The van der Waals surface area contributed by atoms with Gasteiger partial charge >= 0.3 is 0 Å². The SMILES string of the molecule is CC(C(O)Cc1ccn(C2CCCC2)n1)S(C)(=O)=O. The van der Waals surface area contributed by atoms with E-state index in [-0.39, 0.29) is 6.42 Å². The quantitative estimate of drug-likeness (QED) is 0.886. The van der Waals surface area contributed by atoms with Crippen LogP contribution >= 0.6 is 0 Å². The molecule has 2 atom stereocenters. The normalized spacial score (nSPS) is 20.6. The van der Waals surface area contributed by atoms with E-state index in [9.17, 15) is 13.5 Å². The third kappa shape index (κ3) is 3.57. The van der Waals surface area contributed by atoms with Gasteiger partial charge in [0, 0.05) is 18.9 Å². The van der Waals surface area contributed by atoms with Gasteiger partial charge in [-0.05, 0) is 25.8 Å². The summed E-state index contributed by atoms with van der Waals surface area (Å²) in [6.07, 6.45) is 7.27. The summed E-state index contributed by atoms with van der Waals surface area (Å²) in [5, 5.41) is 13.7. The molecule has 0 radical (unpaired) electrons. The first-order valence-electron chi connectivity index (χ1n) is 6.79. The molecule has 2 rings (SSSR count). The lowest BCUT2D eigenvalue weighted by Crippen LogP contribution is -2.32. The maximum absolute atomic E-state index is 11.4. The van der Waals surface area contributed by atoms with E-state index in [0.29, 0.717) is 6.04 Å². The van der Waals surface area contributed by atoms with Gasteiger partial charge < -0.3 is 5.11 Å². The molecule has 0 spiro atoms. The van der Waals surface area contributed by atoms with E-state index in [2.05, 4.69) is 5.10 Å². The van der Waals surface area contributed by atoms with Crippen LogP contribution in [0.4, 0.5) is 0 Å². The van der Waals surface area contributed by atoms with Crippen LogP contribution in [0.5, 0.6) is 0 Å². The van der Waals surface area contributed by atoms with E-state index >= 15 is 0 Å². The Hall–Kier alpha value is -0.880. The highest BCUT2D eigenvalue weighted by Crippen LogP contribution is 2.28. The molecule has 1 fully saturated rings. The van der Waals surface area contributed by atoms with Crippen molar-refractivity contribution in [3.63, 3.8) is 0 Å². The van der Waals surface area contributed by atoms with E-state index in [4.69, 9.17) is 0 Å².